The van der Waals surface area contributed by atoms with Crippen LogP contribution in [0.1, 0.15) is 44.3 Å². The Morgan fingerprint density at radius 3 is 2.81 bits per heavy atom. The van der Waals surface area contributed by atoms with Crippen LogP contribution < -0.4 is 5.32 Å². The van der Waals surface area contributed by atoms with Crippen molar-refractivity contribution in [3.05, 3.63) is 34.3 Å². The topological polar surface area (TPSA) is 30.5 Å². The zero-order chi connectivity index (χ0) is 14.9. The first-order valence-corrected chi connectivity index (χ1v) is 8.78. The molecule has 3 nitrogen and oxygen atoms in total. The van der Waals surface area contributed by atoms with Gasteiger partial charge in [0.1, 0.15) is 0 Å². The van der Waals surface area contributed by atoms with Crippen LogP contribution in [0.3, 0.4) is 0 Å². The summed E-state index contributed by atoms with van der Waals surface area (Å²) in [6.45, 7) is 5.62. The van der Waals surface area contributed by atoms with Crippen molar-refractivity contribution in [3.63, 3.8) is 0 Å². The van der Waals surface area contributed by atoms with Crippen LogP contribution in [0, 0.1) is 0 Å². The zero-order valence-corrected chi connectivity index (χ0v) is 14.4. The Balaban J connectivity index is 1.89. The number of halogens is 1. The Morgan fingerprint density at radius 1 is 1.33 bits per heavy atom. The summed E-state index contributed by atoms with van der Waals surface area (Å²) in [5.41, 5.74) is 1.22. The third-order valence-corrected chi connectivity index (χ3v) is 4.28. The first-order chi connectivity index (χ1) is 10.3. The molecule has 0 saturated carbocycles. The summed E-state index contributed by atoms with van der Waals surface area (Å²) in [7, 11) is 0. The lowest BCUT2D eigenvalue weighted by Crippen LogP contribution is -2.29. The smallest absolute Gasteiger partial charge is 0.0950 e. The molecular weight excluding hydrogens is 330 g/mol. The van der Waals surface area contributed by atoms with Gasteiger partial charge in [-0.3, -0.25) is 0 Å². The van der Waals surface area contributed by atoms with Crippen molar-refractivity contribution in [1.29, 1.82) is 0 Å². The van der Waals surface area contributed by atoms with E-state index in [1.54, 1.807) is 0 Å². The van der Waals surface area contributed by atoms with Gasteiger partial charge in [-0.2, -0.15) is 0 Å². The molecule has 0 spiro atoms. The fraction of sp³-hybridized carbons (Fsp3) is 0.647. The van der Waals surface area contributed by atoms with E-state index in [2.05, 4.69) is 52.4 Å². The van der Waals surface area contributed by atoms with E-state index in [4.69, 9.17) is 9.47 Å². The minimum Gasteiger partial charge on any atom is -0.376 e. The standard InChI is InChI=1S/C17H26BrNO2/c1-2-10-19-12-17(14-6-8-15(18)9-7-14)21-13-16-5-3-4-11-20-16/h6-9,16-17,19H,2-5,10-13H2,1H3. The Labute approximate surface area is 136 Å². The van der Waals surface area contributed by atoms with Crippen LogP contribution in [0.2, 0.25) is 0 Å². The number of ether oxygens (including phenoxy) is 2. The van der Waals surface area contributed by atoms with Gasteiger partial charge in [0, 0.05) is 17.6 Å². The van der Waals surface area contributed by atoms with Crippen LogP contribution in [0.5, 0.6) is 0 Å². The monoisotopic (exact) mass is 355 g/mol. The summed E-state index contributed by atoms with van der Waals surface area (Å²) in [5, 5.41) is 3.46. The molecule has 1 aliphatic rings. The molecule has 1 fully saturated rings. The van der Waals surface area contributed by atoms with E-state index in [1.165, 1.54) is 18.4 Å². The van der Waals surface area contributed by atoms with Crippen LogP contribution in [0.25, 0.3) is 0 Å². The van der Waals surface area contributed by atoms with Gasteiger partial charge in [0.25, 0.3) is 0 Å². The van der Waals surface area contributed by atoms with Gasteiger partial charge in [0.15, 0.2) is 0 Å². The molecule has 4 heteroatoms. The Hall–Kier alpha value is -0.420. The SMILES string of the molecule is CCCNCC(OCC1CCCCO1)c1ccc(Br)cc1. The van der Waals surface area contributed by atoms with E-state index in [1.807, 2.05) is 0 Å². The highest BCUT2D eigenvalue weighted by Crippen LogP contribution is 2.22. The van der Waals surface area contributed by atoms with Crippen molar-refractivity contribution in [2.24, 2.45) is 0 Å². The van der Waals surface area contributed by atoms with Crippen molar-refractivity contribution in [2.45, 2.75) is 44.8 Å². The van der Waals surface area contributed by atoms with Crippen molar-refractivity contribution in [3.8, 4) is 0 Å². The summed E-state index contributed by atoms with van der Waals surface area (Å²) in [6, 6.07) is 8.40. The average molecular weight is 356 g/mol. The van der Waals surface area contributed by atoms with Gasteiger partial charge in [-0.25, -0.2) is 0 Å². The second-order valence-corrected chi connectivity index (χ2v) is 6.48. The third kappa shape index (κ3) is 6.07. The van der Waals surface area contributed by atoms with Crippen molar-refractivity contribution in [2.75, 3.05) is 26.3 Å². The van der Waals surface area contributed by atoms with E-state index < -0.39 is 0 Å². The van der Waals surface area contributed by atoms with Crippen LogP contribution in [-0.2, 0) is 9.47 Å². The molecule has 2 rings (SSSR count). The van der Waals surface area contributed by atoms with Crippen LogP contribution in [0.4, 0.5) is 0 Å². The van der Waals surface area contributed by atoms with E-state index in [9.17, 15) is 0 Å². The lowest BCUT2D eigenvalue weighted by Gasteiger charge is -2.26. The molecule has 0 bridgehead atoms. The van der Waals surface area contributed by atoms with Crippen molar-refractivity contribution < 1.29 is 9.47 Å². The quantitative estimate of drug-likeness (QED) is 0.712. The molecule has 1 aromatic carbocycles. The van der Waals surface area contributed by atoms with Crippen LogP contribution in [-0.4, -0.2) is 32.4 Å². The van der Waals surface area contributed by atoms with E-state index in [0.29, 0.717) is 6.61 Å². The van der Waals surface area contributed by atoms with Gasteiger partial charge < -0.3 is 14.8 Å². The molecule has 1 aliphatic heterocycles. The molecule has 1 N–H and O–H groups in total. The fourth-order valence-electron chi connectivity index (χ4n) is 2.52. The molecule has 2 atom stereocenters. The lowest BCUT2D eigenvalue weighted by atomic mass is 10.1. The van der Waals surface area contributed by atoms with Gasteiger partial charge in [-0.15, -0.1) is 0 Å². The van der Waals surface area contributed by atoms with Gasteiger partial charge in [-0.1, -0.05) is 35.0 Å². The molecular formula is C17H26BrNO2. The maximum atomic E-state index is 6.15. The molecule has 21 heavy (non-hydrogen) atoms. The highest BCUT2D eigenvalue weighted by atomic mass is 79.9. The number of nitrogens with one attached hydrogen (secondary N) is 1. The van der Waals surface area contributed by atoms with Gasteiger partial charge in [-0.05, 0) is 49.9 Å². The van der Waals surface area contributed by atoms with Gasteiger partial charge >= 0.3 is 0 Å². The average Bonchev–Trinajstić information content (AvgIpc) is 2.53. The first kappa shape index (κ1) is 16.9. The number of hydrogen-bond donors (Lipinski definition) is 1. The molecule has 0 radical (unpaired) electrons. The fourth-order valence-corrected chi connectivity index (χ4v) is 2.79. The van der Waals surface area contributed by atoms with Crippen LogP contribution >= 0.6 is 15.9 Å². The number of rotatable bonds is 8. The lowest BCUT2D eigenvalue weighted by molar-refractivity contribution is -0.0633. The molecule has 0 aromatic heterocycles. The van der Waals surface area contributed by atoms with Gasteiger partial charge in [0.2, 0.25) is 0 Å². The summed E-state index contributed by atoms with van der Waals surface area (Å²) in [6.07, 6.45) is 5.06. The highest BCUT2D eigenvalue weighted by molar-refractivity contribution is 9.10. The minimum atomic E-state index is 0.0928. The van der Waals surface area contributed by atoms with E-state index in [-0.39, 0.29) is 12.2 Å². The Bertz CT molecular complexity index is 390. The largest absolute Gasteiger partial charge is 0.376 e. The molecule has 118 valence electrons. The zero-order valence-electron chi connectivity index (χ0n) is 12.8. The van der Waals surface area contributed by atoms with E-state index in [0.717, 1.165) is 37.0 Å². The number of benzene rings is 1. The van der Waals surface area contributed by atoms with Gasteiger partial charge in [0.05, 0.1) is 18.8 Å². The maximum Gasteiger partial charge on any atom is 0.0950 e. The molecule has 2 unspecified atom stereocenters. The van der Waals surface area contributed by atoms with Crippen molar-refractivity contribution >= 4 is 15.9 Å². The summed E-state index contributed by atoms with van der Waals surface area (Å²) in [5.74, 6) is 0. The molecule has 1 heterocycles. The third-order valence-electron chi connectivity index (χ3n) is 3.76. The molecule has 0 aliphatic carbocycles. The summed E-state index contributed by atoms with van der Waals surface area (Å²) >= 11 is 3.48. The molecule has 0 amide bonds. The summed E-state index contributed by atoms with van der Waals surface area (Å²) < 4.78 is 13.0. The number of hydrogen-bond acceptors (Lipinski definition) is 3. The normalized spacial score (nSPS) is 20.4. The first-order valence-electron chi connectivity index (χ1n) is 7.99. The minimum absolute atomic E-state index is 0.0928. The molecule has 1 aromatic rings. The second-order valence-electron chi connectivity index (χ2n) is 5.57. The van der Waals surface area contributed by atoms with Crippen LogP contribution in [0.15, 0.2) is 28.7 Å². The molecule has 1 saturated heterocycles. The summed E-state index contributed by atoms with van der Waals surface area (Å²) in [4.78, 5) is 0. The predicted molar refractivity (Wildman–Crippen MR) is 89.6 cm³/mol. The highest BCUT2D eigenvalue weighted by Gasteiger charge is 2.18. The Kier molecular flexibility index (Phi) is 7.72. The van der Waals surface area contributed by atoms with E-state index >= 15 is 0 Å². The second kappa shape index (κ2) is 9.57. The predicted octanol–water partition coefficient (Wildman–Crippen LogP) is 4.08. The maximum absolute atomic E-state index is 6.15. The Morgan fingerprint density at radius 2 is 2.14 bits per heavy atom. The van der Waals surface area contributed by atoms with Crippen molar-refractivity contribution in [1.82, 2.24) is 5.32 Å².